The van der Waals surface area contributed by atoms with Gasteiger partial charge in [0.05, 0.1) is 8.07 Å². The van der Waals surface area contributed by atoms with Crippen LogP contribution in [0.2, 0.25) is 58.9 Å². The monoisotopic (exact) mass is 928 g/mol. The van der Waals surface area contributed by atoms with Crippen LogP contribution in [0.25, 0.3) is 53.8 Å². The van der Waals surface area contributed by atoms with Gasteiger partial charge in [0.15, 0.2) is 0 Å². The number of aryl methyl sites for hydroxylation is 1. The maximum absolute atomic E-state index is 9.81. The minimum Gasteiger partial charge on any atom is -0.305 e. The van der Waals surface area contributed by atoms with Gasteiger partial charge in [-0.15, -0.1) is 59.7 Å². The van der Waals surface area contributed by atoms with Gasteiger partial charge < -0.3 is 9.97 Å². The van der Waals surface area contributed by atoms with Crippen LogP contribution in [0.3, 0.4) is 0 Å². The van der Waals surface area contributed by atoms with Crippen molar-refractivity contribution in [3.63, 3.8) is 0 Å². The molecule has 3 aromatic heterocycles. The van der Waals surface area contributed by atoms with Crippen LogP contribution in [0.4, 0.5) is 0 Å². The molecule has 0 N–H and O–H groups in total. The number of hydrogen-bond acceptors (Lipinski definition) is 3. The minimum absolute atomic E-state index is 0. The van der Waals surface area contributed by atoms with Crippen molar-refractivity contribution in [3.8, 4) is 33.6 Å². The Bertz CT molecular complexity index is 2310. The maximum atomic E-state index is 9.81. The molecule has 0 amide bonds. The van der Waals surface area contributed by atoms with Gasteiger partial charge in [0.2, 0.25) is 0 Å². The van der Waals surface area contributed by atoms with Crippen molar-refractivity contribution in [1.29, 1.82) is 0 Å². The molecule has 7 aromatic rings. The molecule has 0 fully saturated rings. The first-order valence-corrected chi connectivity index (χ1v) is 29.1. The van der Waals surface area contributed by atoms with E-state index in [-0.39, 0.29) is 20.1 Å². The predicted molar refractivity (Wildman–Crippen MR) is 232 cm³/mol. The molecular weight excluding hydrogens is 877 g/mol. The third kappa shape index (κ3) is 8.73. The fraction of sp³-hybridized carbons (Fsp3) is 0.244. The summed E-state index contributed by atoms with van der Waals surface area (Å²) >= 11 is 1.84. The number of pyridine rings is 2. The third-order valence-corrected chi connectivity index (χ3v) is 20.7. The number of hydrogen-bond donors (Lipinski definition) is 0. The van der Waals surface area contributed by atoms with Gasteiger partial charge in [0.1, 0.15) is 0 Å². The van der Waals surface area contributed by atoms with Gasteiger partial charge in [-0.1, -0.05) is 131 Å². The third-order valence-electron chi connectivity index (χ3n) is 9.29. The maximum Gasteiger partial charge on any atom is 0.0795 e. The first kappa shape index (κ1) is 38.4. The second-order valence-corrected chi connectivity index (χ2v) is 33.1. The van der Waals surface area contributed by atoms with Gasteiger partial charge >= 0.3 is 0 Å². The van der Waals surface area contributed by atoms with Crippen LogP contribution < -0.4 is 5.19 Å². The van der Waals surface area contributed by atoms with Crippen molar-refractivity contribution in [2.45, 2.75) is 71.0 Å². The van der Waals surface area contributed by atoms with E-state index in [0.717, 1.165) is 28.1 Å². The van der Waals surface area contributed by atoms with Gasteiger partial charge in [-0.2, -0.15) is 11.3 Å². The zero-order valence-electron chi connectivity index (χ0n) is 33.1. The summed E-state index contributed by atoms with van der Waals surface area (Å²) in [6.07, 6.45) is 3.93. The number of benzene rings is 4. The molecule has 0 bridgehead atoms. The quantitative estimate of drug-likeness (QED) is 0.118. The first-order valence-electron chi connectivity index (χ1n) is 18.3. The molecular formula is C45H50IrN2SSi3-2. The Morgan fingerprint density at radius 3 is 1.98 bits per heavy atom. The standard InChI is InChI=1S/C31H34NSSi2.C14H16NSi.Ir/c1-21-16-17-25-24-14-11-15-26(29(24)33-30(25)28(21)22-12-9-8-10-13-22)27-20-23(18-19-32-27)31(34(2,3)4)35(5,6)7;1-16(2,3)13-9-10-14(15-11-13)12-7-5-4-6-8-12;/h8-14,16-20,31H,1-7H3;4-7,9-11H,1-3H3;/q2*-1;/i31D;;. The van der Waals surface area contributed by atoms with Crippen LogP contribution in [-0.2, 0) is 20.1 Å². The van der Waals surface area contributed by atoms with Gasteiger partial charge in [-0.25, -0.2) is 0 Å². The molecule has 0 atom stereocenters. The van der Waals surface area contributed by atoms with Crippen molar-refractivity contribution in [3.05, 3.63) is 139 Å². The van der Waals surface area contributed by atoms with E-state index in [1.54, 1.807) is 0 Å². The van der Waals surface area contributed by atoms with E-state index in [4.69, 9.17) is 4.98 Å². The molecule has 0 unspecified atom stereocenters. The smallest absolute Gasteiger partial charge is 0.0795 e. The molecule has 0 spiro atoms. The molecule has 52 heavy (non-hydrogen) atoms. The molecule has 269 valence electrons. The fourth-order valence-electron chi connectivity index (χ4n) is 7.32. The fourth-order valence-corrected chi connectivity index (χ4v) is 20.8. The van der Waals surface area contributed by atoms with Crippen molar-refractivity contribution in [2.24, 2.45) is 0 Å². The van der Waals surface area contributed by atoms with Crippen LogP contribution in [0.15, 0.2) is 116 Å². The molecule has 0 aliphatic heterocycles. The van der Waals surface area contributed by atoms with Gasteiger partial charge in [-0.05, 0) is 55.9 Å². The zero-order valence-corrected chi connectivity index (χ0v) is 38.3. The van der Waals surface area contributed by atoms with E-state index >= 15 is 0 Å². The van der Waals surface area contributed by atoms with E-state index < -0.39 is 29.4 Å². The number of rotatable bonds is 7. The Kier molecular flexibility index (Phi) is 11.8. The molecule has 2 nitrogen and oxygen atoms in total. The number of aromatic nitrogens is 2. The first-order chi connectivity index (χ1) is 24.5. The minimum atomic E-state index is -1.85. The molecule has 0 saturated heterocycles. The van der Waals surface area contributed by atoms with Crippen LogP contribution >= 0.6 is 11.3 Å². The normalized spacial score (nSPS) is 12.5. The van der Waals surface area contributed by atoms with E-state index in [2.05, 4.69) is 156 Å². The molecule has 7 heteroatoms. The molecule has 0 saturated carbocycles. The van der Waals surface area contributed by atoms with E-state index in [9.17, 15) is 1.37 Å². The molecule has 1 radical (unpaired) electrons. The van der Waals surface area contributed by atoms with Crippen LogP contribution in [-0.4, -0.2) is 34.2 Å². The van der Waals surface area contributed by atoms with Gasteiger partial charge in [-0.3, -0.25) is 0 Å². The Balaban J connectivity index is 0.000000267. The largest absolute Gasteiger partial charge is 0.305 e. The number of fused-ring (bicyclic) bond motifs is 3. The summed E-state index contributed by atoms with van der Waals surface area (Å²) in [6, 6.07) is 42.7. The second kappa shape index (κ2) is 16.0. The molecule has 3 heterocycles. The summed E-state index contributed by atoms with van der Waals surface area (Å²) in [4.78, 5) is 9.35. The molecule has 4 aromatic carbocycles. The molecule has 0 aliphatic rings. The van der Waals surface area contributed by atoms with E-state index in [1.165, 1.54) is 42.0 Å². The molecule has 7 rings (SSSR count). The zero-order chi connectivity index (χ0) is 37.5. The Morgan fingerprint density at radius 1 is 0.673 bits per heavy atom. The Hall–Kier alpha value is -3.30. The van der Waals surface area contributed by atoms with Crippen molar-refractivity contribution >= 4 is 60.9 Å². The van der Waals surface area contributed by atoms with Crippen LogP contribution in [0.1, 0.15) is 17.6 Å². The Morgan fingerprint density at radius 2 is 1.37 bits per heavy atom. The van der Waals surface area contributed by atoms with E-state index in [0.29, 0.717) is 0 Å². The average molecular weight is 928 g/mol. The van der Waals surface area contributed by atoms with Crippen molar-refractivity contribution in [2.75, 3.05) is 0 Å². The van der Waals surface area contributed by atoms with E-state index in [1.807, 2.05) is 54.1 Å². The molecule has 0 aliphatic carbocycles. The van der Waals surface area contributed by atoms with Gasteiger partial charge in [0.25, 0.3) is 0 Å². The summed E-state index contributed by atoms with van der Waals surface area (Å²) in [5.74, 6) is 0. The topological polar surface area (TPSA) is 25.8 Å². The number of nitrogens with zero attached hydrogens (tertiary/aromatic N) is 2. The summed E-state index contributed by atoms with van der Waals surface area (Å²) in [6.45, 7) is 23.2. The van der Waals surface area contributed by atoms with Crippen LogP contribution in [0.5, 0.6) is 0 Å². The van der Waals surface area contributed by atoms with Gasteiger partial charge in [0, 0.05) is 60.3 Å². The van der Waals surface area contributed by atoms with Crippen LogP contribution in [0, 0.1) is 19.1 Å². The Labute approximate surface area is 333 Å². The van der Waals surface area contributed by atoms with Crippen molar-refractivity contribution in [1.82, 2.24) is 9.97 Å². The SMILES string of the molecule is C[Si](C)(C)c1ccc(-c2[c-]cccc2)nc1.[2H]C(c1ccnc(-c2[c-]ccc3c2sc2c(-c4ccccc4)c(C)ccc23)c1)([Si](C)(C)C)[Si](C)(C)C.[Ir]. The number of thiophene rings is 1. The van der Waals surface area contributed by atoms with Crippen molar-refractivity contribution < 1.29 is 21.5 Å². The summed E-state index contributed by atoms with van der Waals surface area (Å²) < 4.78 is 12.3. The summed E-state index contributed by atoms with van der Waals surface area (Å²) in [5, 5.41) is 3.42. The predicted octanol–water partition coefficient (Wildman–Crippen LogP) is 12.8. The second-order valence-electron chi connectivity index (χ2n) is 16.5. The summed E-state index contributed by atoms with van der Waals surface area (Å²) in [5.41, 5.74) is 9.00. The average Bonchev–Trinajstić information content (AvgIpc) is 3.50. The summed E-state index contributed by atoms with van der Waals surface area (Å²) in [7, 11) is -4.93.